The predicted molar refractivity (Wildman–Crippen MR) is 115 cm³/mol. The highest BCUT2D eigenvalue weighted by molar-refractivity contribution is 9.10. The third kappa shape index (κ3) is 4.59. The largest absolute Gasteiger partial charge is 0.493 e. The van der Waals surface area contributed by atoms with Crippen molar-refractivity contribution in [1.82, 2.24) is 4.90 Å². The molecule has 5 nitrogen and oxygen atoms in total. The lowest BCUT2D eigenvalue weighted by atomic mass is 10.1. The molecular formula is C21H20BrNO4S. The Kier molecular flexibility index (Phi) is 6.80. The number of amides is 2. The first kappa shape index (κ1) is 20.5. The molecule has 0 atom stereocenters. The molecular weight excluding hydrogens is 442 g/mol. The summed E-state index contributed by atoms with van der Waals surface area (Å²) in [7, 11) is 3.11. The monoisotopic (exact) mass is 461 g/mol. The Morgan fingerprint density at radius 3 is 2.54 bits per heavy atom. The van der Waals surface area contributed by atoms with Gasteiger partial charge in [0.05, 0.1) is 23.6 Å². The van der Waals surface area contributed by atoms with Gasteiger partial charge in [-0.15, -0.1) is 0 Å². The number of aryl methyl sites for hydroxylation is 1. The molecule has 1 saturated heterocycles. The van der Waals surface area contributed by atoms with Gasteiger partial charge in [-0.1, -0.05) is 30.3 Å². The predicted octanol–water partition coefficient (Wildman–Crippen LogP) is 5.14. The van der Waals surface area contributed by atoms with Crippen molar-refractivity contribution in [2.45, 2.75) is 12.8 Å². The number of thioether (sulfide) groups is 1. The van der Waals surface area contributed by atoms with Crippen molar-refractivity contribution in [2.75, 3.05) is 20.8 Å². The van der Waals surface area contributed by atoms with Crippen molar-refractivity contribution in [2.24, 2.45) is 0 Å². The molecule has 146 valence electrons. The van der Waals surface area contributed by atoms with Gasteiger partial charge >= 0.3 is 0 Å². The normalized spacial score (nSPS) is 15.4. The second-order valence-electron chi connectivity index (χ2n) is 6.16. The van der Waals surface area contributed by atoms with E-state index in [9.17, 15) is 9.59 Å². The number of benzene rings is 2. The first-order valence-corrected chi connectivity index (χ1v) is 10.3. The van der Waals surface area contributed by atoms with Crippen LogP contribution in [0.1, 0.15) is 17.5 Å². The molecule has 7 heteroatoms. The van der Waals surface area contributed by atoms with Crippen molar-refractivity contribution < 1.29 is 19.1 Å². The smallest absolute Gasteiger partial charge is 0.293 e. The molecule has 28 heavy (non-hydrogen) atoms. The van der Waals surface area contributed by atoms with Crippen LogP contribution in [0, 0.1) is 0 Å². The fourth-order valence-electron chi connectivity index (χ4n) is 2.95. The fourth-order valence-corrected chi connectivity index (χ4v) is 4.44. The Morgan fingerprint density at radius 1 is 1.11 bits per heavy atom. The molecule has 0 aliphatic carbocycles. The lowest BCUT2D eigenvalue weighted by Crippen LogP contribution is -2.29. The van der Waals surface area contributed by atoms with Crippen LogP contribution in [-0.4, -0.2) is 36.8 Å². The van der Waals surface area contributed by atoms with Crippen LogP contribution in [0.25, 0.3) is 6.08 Å². The minimum Gasteiger partial charge on any atom is -0.493 e. The van der Waals surface area contributed by atoms with E-state index in [1.807, 2.05) is 36.4 Å². The summed E-state index contributed by atoms with van der Waals surface area (Å²) in [5.74, 6) is 0.868. The SMILES string of the molecule is COc1cc(/C=C2\SC(=O)N(CCCc3ccccc3)C2=O)cc(Br)c1OC. The minimum absolute atomic E-state index is 0.233. The summed E-state index contributed by atoms with van der Waals surface area (Å²) in [4.78, 5) is 26.7. The van der Waals surface area contributed by atoms with E-state index in [0.717, 1.165) is 30.2 Å². The van der Waals surface area contributed by atoms with Gasteiger partial charge in [0.2, 0.25) is 0 Å². The Morgan fingerprint density at radius 2 is 1.86 bits per heavy atom. The van der Waals surface area contributed by atoms with Crippen LogP contribution in [-0.2, 0) is 11.2 Å². The molecule has 0 aromatic heterocycles. The van der Waals surface area contributed by atoms with Crippen LogP contribution in [0.2, 0.25) is 0 Å². The first-order chi connectivity index (χ1) is 13.5. The maximum absolute atomic E-state index is 12.7. The number of hydrogen-bond donors (Lipinski definition) is 0. The van der Waals surface area contributed by atoms with Gasteiger partial charge < -0.3 is 9.47 Å². The van der Waals surface area contributed by atoms with Gasteiger partial charge in [-0.25, -0.2) is 0 Å². The van der Waals surface area contributed by atoms with Gasteiger partial charge in [0.1, 0.15) is 0 Å². The molecule has 2 aromatic carbocycles. The summed E-state index contributed by atoms with van der Waals surface area (Å²) >= 11 is 4.40. The molecule has 3 rings (SSSR count). The van der Waals surface area contributed by atoms with Gasteiger partial charge in [0, 0.05) is 6.54 Å². The summed E-state index contributed by atoms with van der Waals surface area (Å²) < 4.78 is 11.3. The number of carbonyl (C=O) groups is 2. The van der Waals surface area contributed by atoms with Crippen LogP contribution >= 0.6 is 27.7 Å². The quantitative estimate of drug-likeness (QED) is 0.534. The third-order valence-electron chi connectivity index (χ3n) is 4.32. The highest BCUT2D eigenvalue weighted by Crippen LogP contribution is 2.38. The summed E-state index contributed by atoms with van der Waals surface area (Å²) in [6, 6.07) is 13.6. The van der Waals surface area contributed by atoms with Crippen molar-refractivity contribution in [3.8, 4) is 11.5 Å². The van der Waals surface area contributed by atoms with Crippen LogP contribution in [0.15, 0.2) is 51.8 Å². The van der Waals surface area contributed by atoms with Crippen LogP contribution in [0.5, 0.6) is 11.5 Å². The molecule has 0 saturated carbocycles. The van der Waals surface area contributed by atoms with E-state index in [0.29, 0.717) is 27.4 Å². The molecule has 1 fully saturated rings. The number of hydrogen-bond acceptors (Lipinski definition) is 5. The summed E-state index contributed by atoms with van der Waals surface area (Å²) in [6.45, 7) is 0.409. The van der Waals surface area contributed by atoms with Gasteiger partial charge in [-0.2, -0.15) is 0 Å². The first-order valence-electron chi connectivity index (χ1n) is 8.74. The Hall–Kier alpha value is -2.25. The van der Waals surface area contributed by atoms with Crippen molar-refractivity contribution >= 4 is 44.9 Å². The van der Waals surface area contributed by atoms with E-state index in [1.165, 1.54) is 10.5 Å². The molecule has 1 aliphatic rings. The number of imide groups is 1. The number of ether oxygens (including phenoxy) is 2. The van der Waals surface area contributed by atoms with Crippen molar-refractivity contribution in [3.63, 3.8) is 0 Å². The molecule has 2 aromatic rings. The summed E-state index contributed by atoms with van der Waals surface area (Å²) in [6.07, 6.45) is 3.26. The van der Waals surface area contributed by atoms with Crippen molar-refractivity contribution in [3.05, 3.63) is 63.0 Å². The molecule has 0 bridgehead atoms. The number of rotatable bonds is 7. The van der Waals surface area contributed by atoms with Gasteiger partial charge in [-0.05, 0) is 69.9 Å². The Labute approximate surface area is 176 Å². The van der Waals surface area contributed by atoms with E-state index >= 15 is 0 Å². The highest BCUT2D eigenvalue weighted by Gasteiger charge is 2.34. The van der Waals surface area contributed by atoms with E-state index in [4.69, 9.17) is 9.47 Å². The molecule has 2 amide bonds. The average Bonchev–Trinajstić information content (AvgIpc) is 2.95. The van der Waals surface area contributed by atoms with Crippen LogP contribution in [0.3, 0.4) is 0 Å². The minimum atomic E-state index is -0.256. The summed E-state index contributed by atoms with van der Waals surface area (Å²) in [5, 5.41) is -0.233. The molecule has 0 radical (unpaired) electrons. The van der Waals surface area contributed by atoms with E-state index in [-0.39, 0.29) is 11.1 Å². The fraction of sp³-hybridized carbons (Fsp3) is 0.238. The lowest BCUT2D eigenvalue weighted by molar-refractivity contribution is -0.122. The number of nitrogens with zero attached hydrogens (tertiary/aromatic N) is 1. The van der Waals surface area contributed by atoms with Crippen LogP contribution in [0.4, 0.5) is 4.79 Å². The standard InChI is InChI=1S/C21H20BrNO4S/c1-26-17-12-15(11-16(22)19(17)27-2)13-18-20(24)23(21(25)28-18)10-6-9-14-7-4-3-5-8-14/h3-5,7-8,11-13H,6,9-10H2,1-2H3/b18-13-. The second kappa shape index (κ2) is 9.30. The Balaban J connectivity index is 1.71. The van der Waals surface area contributed by atoms with E-state index < -0.39 is 0 Å². The van der Waals surface area contributed by atoms with Crippen molar-refractivity contribution in [1.29, 1.82) is 0 Å². The molecule has 0 N–H and O–H groups in total. The Bertz CT molecular complexity index is 914. The molecule has 1 heterocycles. The maximum atomic E-state index is 12.7. The highest BCUT2D eigenvalue weighted by atomic mass is 79.9. The topological polar surface area (TPSA) is 55.8 Å². The van der Waals surface area contributed by atoms with E-state index in [2.05, 4.69) is 15.9 Å². The van der Waals surface area contributed by atoms with Gasteiger partial charge in [0.15, 0.2) is 11.5 Å². The number of halogens is 1. The zero-order chi connectivity index (χ0) is 20.1. The molecule has 1 aliphatic heterocycles. The number of carbonyl (C=O) groups excluding carboxylic acids is 2. The zero-order valence-electron chi connectivity index (χ0n) is 15.6. The molecule has 0 spiro atoms. The third-order valence-corrected chi connectivity index (χ3v) is 5.81. The summed E-state index contributed by atoms with van der Waals surface area (Å²) in [5.41, 5.74) is 1.94. The molecule has 0 unspecified atom stereocenters. The zero-order valence-corrected chi connectivity index (χ0v) is 18.0. The second-order valence-corrected chi connectivity index (χ2v) is 8.01. The number of methoxy groups -OCH3 is 2. The van der Waals surface area contributed by atoms with E-state index in [1.54, 1.807) is 26.4 Å². The van der Waals surface area contributed by atoms with Gasteiger partial charge in [-0.3, -0.25) is 14.5 Å². The maximum Gasteiger partial charge on any atom is 0.293 e. The van der Waals surface area contributed by atoms with Crippen LogP contribution < -0.4 is 9.47 Å². The average molecular weight is 462 g/mol. The lowest BCUT2D eigenvalue weighted by Gasteiger charge is -2.12. The van der Waals surface area contributed by atoms with Gasteiger partial charge in [0.25, 0.3) is 11.1 Å².